The molecule has 0 atom stereocenters. The second kappa shape index (κ2) is 5.99. The van der Waals surface area contributed by atoms with Crippen molar-refractivity contribution in [1.29, 1.82) is 0 Å². The maximum absolute atomic E-state index is 4.93. The second-order valence-electron chi connectivity index (χ2n) is 6.75. The first kappa shape index (κ1) is 15.1. The number of aromatic nitrogens is 3. The fourth-order valence-electron chi connectivity index (χ4n) is 3.84. The number of anilines is 1. The van der Waals surface area contributed by atoms with Gasteiger partial charge in [0.05, 0.1) is 5.69 Å². The van der Waals surface area contributed by atoms with Crippen molar-refractivity contribution in [3.8, 4) is 22.5 Å². The minimum absolute atomic E-state index is 0.826. The lowest BCUT2D eigenvalue weighted by atomic mass is 10.0. The first-order valence-electron chi connectivity index (χ1n) is 9.08. The van der Waals surface area contributed by atoms with Gasteiger partial charge in [0, 0.05) is 18.2 Å². The van der Waals surface area contributed by atoms with Crippen LogP contribution in [-0.4, -0.2) is 21.6 Å². The molecule has 0 amide bonds. The Kier molecular flexibility index (Phi) is 3.49. The first-order valence-corrected chi connectivity index (χ1v) is 9.08. The van der Waals surface area contributed by atoms with Gasteiger partial charge in [0.15, 0.2) is 5.65 Å². The number of hydrogen-bond acceptors (Lipinski definition) is 3. The van der Waals surface area contributed by atoms with E-state index in [1.54, 1.807) is 0 Å². The van der Waals surface area contributed by atoms with Gasteiger partial charge in [-0.25, -0.2) is 9.50 Å². The molecule has 26 heavy (non-hydrogen) atoms. The van der Waals surface area contributed by atoms with Crippen molar-refractivity contribution in [2.24, 2.45) is 0 Å². The van der Waals surface area contributed by atoms with E-state index in [2.05, 4.69) is 47.8 Å². The van der Waals surface area contributed by atoms with E-state index >= 15 is 0 Å². The van der Waals surface area contributed by atoms with Crippen LogP contribution in [0.25, 0.3) is 28.2 Å². The topological polar surface area (TPSA) is 42.2 Å². The molecule has 2 aromatic heterocycles. The Morgan fingerprint density at radius 2 is 1.73 bits per heavy atom. The average molecular weight is 340 g/mol. The van der Waals surface area contributed by atoms with E-state index in [9.17, 15) is 0 Å². The molecule has 0 saturated heterocycles. The fourth-order valence-corrected chi connectivity index (χ4v) is 3.84. The Hall–Kier alpha value is -3.14. The quantitative estimate of drug-likeness (QED) is 0.593. The number of rotatable bonds is 3. The van der Waals surface area contributed by atoms with Crippen LogP contribution in [-0.2, 0) is 12.8 Å². The third-order valence-corrected chi connectivity index (χ3v) is 5.15. The maximum atomic E-state index is 4.93. The molecule has 5 rings (SSSR count). The van der Waals surface area contributed by atoms with Crippen molar-refractivity contribution in [2.75, 3.05) is 12.4 Å². The van der Waals surface area contributed by atoms with E-state index in [-0.39, 0.29) is 0 Å². The van der Waals surface area contributed by atoms with E-state index < -0.39 is 0 Å². The van der Waals surface area contributed by atoms with Crippen molar-refractivity contribution in [1.82, 2.24) is 14.6 Å². The minimum atomic E-state index is 0.826. The van der Waals surface area contributed by atoms with Gasteiger partial charge >= 0.3 is 0 Å². The van der Waals surface area contributed by atoms with E-state index in [1.165, 1.54) is 36.0 Å². The zero-order valence-electron chi connectivity index (χ0n) is 14.7. The summed E-state index contributed by atoms with van der Waals surface area (Å²) >= 11 is 0. The fraction of sp³-hybridized carbons (Fsp3) is 0.182. The van der Waals surface area contributed by atoms with Gasteiger partial charge < -0.3 is 5.32 Å². The largest absolute Gasteiger partial charge is 0.372 e. The summed E-state index contributed by atoms with van der Waals surface area (Å²) in [5, 5.41) is 7.85. The molecule has 0 saturated carbocycles. The van der Waals surface area contributed by atoms with Crippen LogP contribution in [0.15, 0.2) is 60.7 Å². The summed E-state index contributed by atoms with van der Waals surface area (Å²) < 4.78 is 1.95. The lowest BCUT2D eigenvalue weighted by Gasteiger charge is -2.07. The zero-order valence-corrected chi connectivity index (χ0v) is 14.7. The number of fused-ring (bicyclic) bond motifs is 2. The summed E-state index contributed by atoms with van der Waals surface area (Å²) in [5.74, 6) is 0.826. The molecule has 0 spiro atoms. The molecular weight excluding hydrogens is 320 g/mol. The summed E-state index contributed by atoms with van der Waals surface area (Å²) in [6.45, 7) is 0. The van der Waals surface area contributed by atoms with E-state index in [0.717, 1.165) is 28.4 Å². The van der Waals surface area contributed by atoms with Gasteiger partial charge in [-0.3, -0.25) is 0 Å². The summed E-state index contributed by atoms with van der Waals surface area (Å²) in [5.41, 5.74) is 8.12. The van der Waals surface area contributed by atoms with Gasteiger partial charge in [-0.05, 0) is 48.6 Å². The third kappa shape index (κ3) is 2.37. The standard InChI is InChI=1S/C22H20N4/c1-23-19-12-13-20-24-21(18-11-10-15-8-5-9-17(15)14-18)22(26(20)25-19)16-6-3-2-4-7-16/h2-4,6-7,10-14H,5,8-9H2,1H3,(H,23,25). The van der Waals surface area contributed by atoms with E-state index in [4.69, 9.17) is 10.1 Å². The molecule has 128 valence electrons. The molecule has 0 fully saturated rings. The molecule has 4 heteroatoms. The lowest BCUT2D eigenvalue weighted by molar-refractivity contribution is 0.912. The van der Waals surface area contributed by atoms with Crippen molar-refractivity contribution in [2.45, 2.75) is 19.3 Å². The van der Waals surface area contributed by atoms with Crippen molar-refractivity contribution < 1.29 is 0 Å². The monoisotopic (exact) mass is 340 g/mol. The molecule has 1 N–H and O–H groups in total. The van der Waals surface area contributed by atoms with Crippen LogP contribution in [0.2, 0.25) is 0 Å². The second-order valence-corrected chi connectivity index (χ2v) is 6.75. The van der Waals surface area contributed by atoms with Crippen molar-refractivity contribution in [3.63, 3.8) is 0 Å². The minimum Gasteiger partial charge on any atom is -0.372 e. The maximum Gasteiger partial charge on any atom is 0.155 e. The Labute approximate surface area is 152 Å². The van der Waals surface area contributed by atoms with E-state index in [1.807, 2.05) is 29.8 Å². The first-order chi connectivity index (χ1) is 12.8. The number of hydrogen-bond donors (Lipinski definition) is 1. The summed E-state index contributed by atoms with van der Waals surface area (Å²) in [6.07, 6.45) is 3.61. The van der Waals surface area contributed by atoms with Gasteiger partial charge in [0.1, 0.15) is 11.5 Å². The normalized spacial score (nSPS) is 13.1. The molecule has 4 aromatic rings. The van der Waals surface area contributed by atoms with Crippen LogP contribution >= 0.6 is 0 Å². The SMILES string of the molecule is CNc1ccc2nc(-c3ccc4c(c3)CCC4)c(-c3ccccc3)n2n1. The molecule has 1 aliphatic rings. The average Bonchev–Trinajstić information content (AvgIpc) is 3.31. The molecule has 4 nitrogen and oxygen atoms in total. The lowest BCUT2D eigenvalue weighted by Crippen LogP contribution is -2.00. The van der Waals surface area contributed by atoms with Gasteiger partial charge in [0.2, 0.25) is 0 Å². The highest BCUT2D eigenvalue weighted by Crippen LogP contribution is 2.35. The van der Waals surface area contributed by atoms with Crippen LogP contribution in [0.1, 0.15) is 17.5 Å². The predicted octanol–water partition coefficient (Wildman–Crippen LogP) is 4.59. The van der Waals surface area contributed by atoms with Crippen LogP contribution in [0.3, 0.4) is 0 Å². The Balaban J connectivity index is 1.79. The van der Waals surface area contributed by atoms with Crippen molar-refractivity contribution in [3.05, 3.63) is 71.8 Å². The predicted molar refractivity (Wildman–Crippen MR) is 105 cm³/mol. The molecule has 0 bridgehead atoms. The summed E-state index contributed by atoms with van der Waals surface area (Å²) in [7, 11) is 1.88. The zero-order chi connectivity index (χ0) is 17.5. The Bertz CT molecular complexity index is 1100. The number of imidazole rings is 1. The number of nitrogens with one attached hydrogen (secondary N) is 1. The van der Waals surface area contributed by atoms with Gasteiger partial charge in [0.25, 0.3) is 0 Å². The molecular formula is C22H20N4. The molecule has 0 radical (unpaired) electrons. The molecule has 2 aromatic carbocycles. The van der Waals surface area contributed by atoms with Crippen LogP contribution in [0, 0.1) is 0 Å². The number of aryl methyl sites for hydroxylation is 2. The van der Waals surface area contributed by atoms with Gasteiger partial charge in [-0.2, -0.15) is 0 Å². The number of benzene rings is 2. The van der Waals surface area contributed by atoms with Gasteiger partial charge in [-0.1, -0.05) is 42.5 Å². The van der Waals surface area contributed by atoms with Gasteiger partial charge in [-0.15, -0.1) is 5.10 Å². The number of nitrogens with zero attached hydrogens (tertiary/aromatic N) is 3. The highest BCUT2D eigenvalue weighted by molar-refractivity contribution is 5.82. The Morgan fingerprint density at radius 1 is 0.885 bits per heavy atom. The highest BCUT2D eigenvalue weighted by Gasteiger charge is 2.19. The summed E-state index contributed by atoms with van der Waals surface area (Å²) in [4.78, 5) is 4.93. The Morgan fingerprint density at radius 3 is 2.58 bits per heavy atom. The van der Waals surface area contributed by atoms with Crippen LogP contribution < -0.4 is 5.32 Å². The van der Waals surface area contributed by atoms with Crippen molar-refractivity contribution >= 4 is 11.5 Å². The molecule has 0 aliphatic heterocycles. The molecule has 2 heterocycles. The van der Waals surface area contributed by atoms with Crippen LogP contribution in [0.5, 0.6) is 0 Å². The summed E-state index contributed by atoms with van der Waals surface area (Å²) in [6, 6.07) is 21.2. The highest BCUT2D eigenvalue weighted by atomic mass is 15.3. The van der Waals surface area contributed by atoms with E-state index in [0.29, 0.717) is 0 Å². The smallest absolute Gasteiger partial charge is 0.155 e. The van der Waals surface area contributed by atoms with Crippen LogP contribution in [0.4, 0.5) is 5.82 Å². The molecule has 1 aliphatic carbocycles. The third-order valence-electron chi connectivity index (χ3n) is 5.15. The molecule has 0 unspecified atom stereocenters.